The number of nitrogens with zero attached hydrogens (tertiary/aromatic N) is 1. The number of nitrogens with one attached hydrogen (secondary N) is 1. The van der Waals surface area contributed by atoms with Gasteiger partial charge in [0.2, 0.25) is 0 Å². The topological polar surface area (TPSA) is 92.5 Å². The molecule has 1 aromatic rings. The van der Waals surface area contributed by atoms with Gasteiger partial charge in [-0.3, -0.25) is 10.1 Å². The summed E-state index contributed by atoms with van der Waals surface area (Å²) in [6.45, 7) is 4.95. The van der Waals surface area contributed by atoms with Crippen LogP contribution in [0.4, 0.5) is 11.4 Å². The van der Waals surface area contributed by atoms with E-state index in [-0.39, 0.29) is 11.4 Å². The normalized spacial score (nSPS) is 13.7. The lowest BCUT2D eigenvalue weighted by atomic mass is 9.98. The number of aliphatic carboxylic acids is 1. The smallest absolute Gasteiger partial charge is 0.329 e. The third-order valence-corrected chi connectivity index (χ3v) is 2.94. The molecule has 0 heterocycles. The number of rotatable bonds is 5. The first-order valence-corrected chi connectivity index (χ1v) is 5.57. The summed E-state index contributed by atoms with van der Waals surface area (Å²) in [7, 11) is 0. The lowest BCUT2D eigenvalue weighted by molar-refractivity contribution is -0.384. The molecule has 0 aliphatic heterocycles. The second kappa shape index (κ2) is 5.03. The zero-order valence-electron chi connectivity index (χ0n) is 10.6. The molecule has 0 bridgehead atoms. The fourth-order valence-corrected chi connectivity index (χ4v) is 1.49. The number of carbonyl (C=O) groups is 1. The maximum Gasteiger partial charge on any atom is 0.329 e. The summed E-state index contributed by atoms with van der Waals surface area (Å²) in [5, 5.41) is 22.8. The number of hydrogen-bond donors (Lipinski definition) is 2. The highest BCUT2D eigenvalue weighted by atomic mass is 16.6. The Labute approximate surface area is 105 Å². The number of aryl methyl sites for hydroxylation is 1. The van der Waals surface area contributed by atoms with E-state index in [1.165, 1.54) is 19.1 Å². The van der Waals surface area contributed by atoms with Crippen molar-refractivity contribution in [2.45, 2.75) is 32.7 Å². The minimum Gasteiger partial charge on any atom is -0.480 e. The maximum absolute atomic E-state index is 11.2. The molecule has 0 saturated heterocycles. The molecule has 6 heteroatoms. The molecule has 0 aliphatic rings. The average molecular weight is 252 g/mol. The summed E-state index contributed by atoms with van der Waals surface area (Å²) >= 11 is 0. The summed E-state index contributed by atoms with van der Waals surface area (Å²) in [5.41, 5.74) is -0.367. The van der Waals surface area contributed by atoms with Crippen LogP contribution in [0, 0.1) is 17.0 Å². The van der Waals surface area contributed by atoms with Crippen molar-refractivity contribution < 1.29 is 14.8 Å². The first-order valence-electron chi connectivity index (χ1n) is 5.57. The molecule has 98 valence electrons. The molecule has 0 saturated carbocycles. The summed E-state index contributed by atoms with van der Waals surface area (Å²) in [6, 6.07) is 4.65. The summed E-state index contributed by atoms with van der Waals surface area (Å²) in [6.07, 6.45) is 0.313. The van der Waals surface area contributed by atoms with Crippen molar-refractivity contribution in [3.05, 3.63) is 33.9 Å². The average Bonchev–Trinajstić information content (AvgIpc) is 2.30. The summed E-state index contributed by atoms with van der Waals surface area (Å²) in [4.78, 5) is 21.6. The van der Waals surface area contributed by atoms with Gasteiger partial charge in [-0.2, -0.15) is 0 Å². The monoisotopic (exact) mass is 252 g/mol. The molecule has 0 amide bonds. The van der Waals surface area contributed by atoms with Gasteiger partial charge >= 0.3 is 5.97 Å². The summed E-state index contributed by atoms with van der Waals surface area (Å²) < 4.78 is 0. The molecular formula is C12H16N2O4. The number of carboxylic acid groups (broad SMARTS) is 1. The van der Waals surface area contributed by atoms with Crippen molar-refractivity contribution in [2.24, 2.45) is 0 Å². The van der Waals surface area contributed by atoms with E-state index in [0.29, 0.717) is 6.42 Å². The minimum atomic E-state index is -1.22. The molecule has 1 rings (SSSR count). The van der Waals surface area contributed by atoms with E-state index in [1.807, 2.05) is 0 Å². The Hall–Kier alpha value is -2.11. The van der Waals surface area contributed by atoms with Gasteiger partial charge in [0.25, 0.3) is 5.69 Å². The van der Waals surface area contributed by atoms with Gasteiger partial charge < -0.3 is 10.4 Å². The number of benzene rings is 1. The Morgan fingerprint density at radius 2 is 2.17 bits per heavy atom. The standard InChI is InChI=1S/C12H16N2O4/c1-4-12(3,11(15)16)13-9-6-5-8(2)7-10(9)14(17)18/h5-7,13H,4H2,1-3H3,(H,15,16). The Morgan fingerprint density at radius 1 is 1.56 bits per heavy atom. The number of nitro groups is 1. The molecule has 1 atom stereocenters. The maximum atomic E-state index is 11.2. The van der Waals surface area contributed by atoms with E-state index >= 15 is 0 Å². The van der Waals surface area contributed by atoms with E-state index in [9.17, 15) is 14.9 Å². The van der Waals surface area contributed by atoms with E-state index in [4.69, 9.17) is 5.11 Å². The van der Waals surface area contributed by atoms with Gasteiger partial charge in [-0.05, 0) is 31.9 Å². The van der Waals surface area contributed by atoms with Gasteiger partial charge in [0.1, 0.15) is 11.2 Å². The zero-order valence-corrected chi connectivity index (χ0v) is 10.6. The van der Waals surface area contributed by atoms with Gasteiger partial charge in [0, 0.05) is 6.07 Å². The first-order chi connectivity index (χ1) is 8.30. The Kier molecular flexibility index (Phi) is 3.90. The molecule has 6 nitrogen and oxygen atoms in total. The van der Waals surface area contributed by atoms with Gasteiger partial charge in [-0.25, -0.2) is 4.79 Å². The molecule has 0 radical (unpaired) electrons. The SMILES string of the molecule is CCC(C)(Nc1ccc(C)cc1[N+](=O)[O-])C(=O)O. The van der Waals surface area contributed by atoms with Crippen LogP contribution in [0.3, 0.4) is 0 Å². The molecule has 0 fully saturated rings. The third-order valence-electron chi connectivity index (χ3n) is 2.94. The predicted molar refractivity (Wildman–Crippen MR) is 67.8 cm³/mol. The highest BCUT2D eigenvalue weighted by Gasteiger charge is 2.32. The molecule has 0 aromatic heterocycles. The van der Waals surface area contributed by atoms with Crippen LogP contribution < -0.4 is 5.32 Å². The molecule has 1 unspecified atom stereocenters. The molecule has 0 aliphatic carbocycles. The lowest BCUT2D eigenvalue weighted by Crippen LogP contribution is -2.42. The zero-order chi connectivity index (χ0) is 13.9. The van der Waals surface area contributed by atoms with Crippen molar-refractivity contribution in [1.82, 2.24) is 0 Å². The predicted octanol–water partition coefficient (Wildman–Crippen LogP) is 2.57. The van der Waals surface area contributed by atoms with Crippen LogP contribution in [0.2, 0.25) is 0 Å². The van der Waals surface area contributed by atoms with Crippen molar-refractivity contribution in [3.63, 3.8) is 0 Å². The van der Waals surface area contributed by atoms with Crippen LogP contribution in [-0.2, 0) is 4.79 Å². The third kappa shape index (κ3) is 2.77. The fraction of sp³-hybridized carbons (Fsp3) is 0.417. The van der Waals surface area contributed by atoms with Crippen LogP contribution in [0.1, 0.15) is 25.8 Å². The number of nitro benzene ring substituents is 1. The van der Waals surface area contributed by atoms with Crippen LogP contribution in [0.25, 0.3) is 0 Å². The van der Waals surface area contributed by atoms with E-state index in [2.05, 4.69) is 5.32 Å². The Morgan fingerprint density at radius 3 is 2.61 bits per heavy atom. The van der Waals surface area contributed by atoms with Gasteiger partial charge in [0.05, 0.1) is 4.92 Å². The molecular weight excluding hydrogens is 236 g/mol. The van der Waals surface area contributed by atoms with Crippen molar-refractivity contribution in [2.75, 3.05) is 5.32 Å². The molecule has 18 heavy (non-hydrogen) atoms. The van der Waals surface area contributed by atoms with Crippen LogP contribution >= 0.6 is 0 Å². The van der Waals surface area contributed by atoms with Crippen LogP contribution in [0.15, 0.2) is 18.2 Å². The van der Waals surface area contributed by atoms with E-state index in [1.54, 1.807) is 19.9 Å². The van der Waals surface area contributed by atoms with Crippen LogP contribution in [0.5, 0.6) is 0 Å². The fourth-order valence-electron chi connectivity index (χ4n) is 1.49. The highest BCUT2D eigenvalue weighted by Crippen LogP contribution is 2.29. The van der Waals surface area contributed by atoms with Crippen molar-refractivity contribution in [3.8, 4) is 0 Å². The second-order valence-corrected chi connectivity index (χ2v) is 4.39. The number of anilines is 1. The summed E-state index contributed by atoms with van der Waals surface area (Å²) in [5.74, 6) is -1.04. The second-order valence-electron chi connectivity index (χ2n) is 4.39. The number of hydrogen-bond acceptors (Lipinski definition) is 4. The van der Waals surface area contributed by atoms with Gasteiger partial charge in [-0.15, -0.1) is 0 Å². The minimum absolute atomic E-state index is 0.115. The Balaban J connectivity index is 3.18. The van der Waals surface area contributed by atoms with Gasteiger partial charge in [-0.1, -0.05) is 13.0 Å². The van der Waals surface area contributed by atoms with Crippen molar-refractivity contribution in [1.29, 1.82) is 0 Å². The highest BCUT2D eigenvalue weighted by molar-refractivity contribution is 5.83. The van der Waals surface area contributed by atoms with Crippen molar-refractivity contribution >= 4 is 17.3 Å². The number of carboxylic acids is 1. The lowest BCUT2D eigenvalue weighted by Gasteiger charge is -2.25. The first kappa shape index (κ1) is 14.0. The van der Waals surface area contributed by atoms with Gasteiger partial charge in [0.15, 0.2) is 0 Å². The van der Waals surface area contributed by atoms with E-state index in [0.717, 1.165) is 5.56 Å². The quantitative estimate of drug-likeness (QED) is 0.620. The Bertz CT molecular complexity index is 487. The molecule has 1 aromatic carbocycles. The largest absolute Gasteiger partial charge is 0.480 e. The molecule has 2 N–H and O–H groups in total. The van der Waals surface area contributed by atoms with Crippen LogP contribution in [-0.4, -0.2) is 21.5 Å². The van der Waals surface area contributed by atoms with E-state index < -0.39 is 16.4 Å². The molecule has 0 spiro atoms.